The standard InChI is InChI=1S/C16H25N3O/c1-16(15(17)20,13-19-10-6-3-7-11-19)12-18-14-8-4-2-5-9-14/h2,4-5,8-9,18H,3,6-7,10-13H2,1H3,(H2,17,20). The van der Waals surface area contributed by atoms with Gasteiger partial charge in [0.25, 0.3) is 0 Å². The predicted molar refractivity (Wildman–Crippen MR) is 82.5 cm³/mol. The first-order valence-corrected chi connectivity index (χ1v) is 7.41. The van der Waals surface area contributed by atoms with E-state index in [2.05, 4.69) is 10.2 Å². The molecule has 0 bridgehead atoms. The Morgan fingerprint density at radius 3 is 2.50 bits per heavy atom. The summed E-state index contributed by atoms with van der Waals surface area (Å²) in [4.78, 5) is 14.2. The van der Waals surface area contributed by atoms with E-state index in [1.165, 1.54) is 19.3 Å². The third-order valence-electron chi connectivity index (χ3n) is 4.07. The molecular weight excluding hydrogens is 250 g/mol. The van der Waals surface area contributed by atoms with Crippen LogP contribution in [0.4, 0.5) is 5.69 Å². The summed E-state index contributed by atoms with van der Waals surface area (Å²) < 4.78 is 0. The van der Waals surface area contributed by atoms with Gasteiger partial charge in [-0.05, 0) is 45.0 Å². The summed E-state index contributed by atoms with van der Waals surface area (Å²) in [5.74, 6) is -0.230. The van der Waals surface area contributed by atoms with E-state index >= 15 is 0 Å². The largest absolute Gasteiger partial charge is 0.384 e. The van der Waals surface area contributed by atoms with Crippen molar-refractivity contribution in [3.8, 4) is 0 Å². The van der Waals surface area contributed by atoms with Gasteiger partial charge in [-0.25, -0.2) is 0 Å². The Morgan fingerprint density at radius 1 is 1.25 bits per heavy atom. The average Bonchev–Trinajstić information content (AvgIpc) is 2.47. The van der Waals surface area contributed by atoms with Crippen LogP contribution in [0.25, 0.3) is 0 Å². The van der Waals surface area contributed by atoms with Crippen LogP contribution < -0.4 is 11.1 Å². The molecule has 20 heavy (non-hydrogen) atoms. The van der Waals surface area contributed by atoms with Gasteiger partial charge in [-0.15, -0.1) is 0 Å². The summed E-state index contributed by atoms with van der Waals surface area (Å²) in [6, 6.07) is 9.94. The Balaban J connectivity index is 1.95. The summed E-state index contributed by atoms with van der Waals surface area (Å²) in [5, 5.41) is 3.33. The fraction of sp³-hybridized carbons (Fsp3) is 0.562. The number of nitrogens with two attached hydrogens (primary N) is 1. The van der Waals surface area contributed by atoms with Crippen LogP contribution in [0.3, 0.4) is 0 Å². The minimum absolute atomic E-state index is 0.230. The fourth-order valence-corrected chi connectivity index (χ4v) is 2.69. The smallest absolute Gasteiger partial charge is 0.226 e. The van der Waals surface area contributed by atoms with Gasteiger partial charge in [-0.1, -0.05) is 24.6 Å². The van der Waals surface area contributed by atoms with E-state index in [-0.39, 0.29) is 5.91 Å². The molecule has 1 saturated heterocycles. The molecule has 2 rings (SSSR count). The number of hydrogen-bond donors (Lipinski definition) is 2. The van der Waals surface area contributed by atoms with E-state index < -0.39 is 5.41 Å². The van der Waals surface area contributed by atoms with Crippen LogP contribution in [0.2, 0.25) is 0 Å². The molecule has 1 aromatic carbocycles. The number of nitrogens with one attached hydrogen (secondary N) is 1. The minimum atomic E-state index is -0.535. The molecule has 0 aliphatic carbocycles. The molecule has 1 atom stereocenters. The highest BCUT2D eigenvalue weighted by Crippen LogP contribution is 2.21. The summed E-state index contributed by atoms with van der Waals surface area (Å²) in [7, 11) is 0. The van der Waals surface area contributed by atoms with Crippen molar-refractivity contribution in [1.29, 1.82) is 0 Å². The Kier molecular flexibility index (Phi) is 5.01. The van der Waals surface area contributed by atoms with Crippen molar-refractivity contribution < 1.29 is 4.79 Å². The maximum atomic E-state index is 11.9. The third-order valence-corrected chi connectivity index (χ3v) is 4.07. The molecule has 0 spiro atoms. The highest BCUT2D eigenvalue weighted by atomic mass is 16.1. The van der Waals surface area contributed by atoms with Crippen molar-refractivity contribution in [3.63, 3.8) is 0 Å². The minimum Gasteiger partial charge on any atom is -0.384 e. The van der Waals surface area contributed by atoms with E-state index in [1.807, 2.05) is 37.3 Å². The lowest BCUT2D eigenvalue weighted by Crippen LogP contribution is -2.49. The molecule has 1 amide bonds. The van der Waals surface area contributed by atoms with Gasteiger partial charge in [0.1, 0.15) is 0 Å². The number of piperidine rings is 1. The molecule has 4 nitrogen and oxygen atoms in total. The first kappa shape index (κ1) is 14.9. The monoisotopic (exact) mass is 275 g/mol. The quantitative estimate of drug-likeness (QED) is 0.835. The molecule has 0 radical (unpaired) electrons. The number of amides is 1. The zero-order chi connectivity index (χ0) is 14.4. The van der Waals surface area contributed by atoms with Gasteiger partial charge in [-0.2, -0.15) is 0 Å². The highest BCUT2D eigenvalue weighted by Gasteiger charge is 2.33. The molecule has 0 aromatic heterocycles. The third kappa shape index (κ3) is 3.97. The Morgan fingerprint density at radius 2 is 1.90 bits per heavy atom. The van der Waals surface area contributed by atoms with Crippen LogP contribution >= 0.6 is 0 Å². The van der Waals surface area contributed by atoms with Crippen LogP contribution in [0.15, 0.2) is 30.3 Å². The topological polar surface area (TPSA) is 58.4 Å². The Bertz CT molecular complexity index is 429. The number of para-hydroxylation sites is 1. The molecule has 3 N–H and O–H groups in total. The van der Waals surface area contributed by atoms with Crippen LogP contribution in [0, 0.1) is 5.41 Å². The van der Waals surface area contributed by atoms with Gasteiger partial charge in [0, 0.05) is 18.8 Å². The van der Waals surface area contributed by atoms with Gasteiger partial charge in [0.2, 0.25) is 5.91 Å². The lowest BCUT2D eigenvalue weighted by atomic mass is 9.88. The molecule has 1 fully saturated rings. The van der Waals surface area contributed by atoms with Crippen LogP contribution in [0.1, 0.15) is 26.2 Å². The number of anilines is 1. The summed E-state index contributed by atoms with van der Waals surface area (Å²) in [6.45, 7) is 5.42. The number of carbonyl (C=O) groups is 1. The molecule has 1 aromatic rings. The van der Waals surface area contributed by atoms with Crippen molar-refractivity contribution in [2.45, 2.75) is 26.2 Å². The lowest BCUT2D eigenvalue weighted by Gasteiger charge is -2.35. The van der Waals surface area contributed by atoms with Crippen LogP contribution in [0.5, 0.6) is 0 Å². The first-order chi connectivity index (χ1) is 9.60. The van der Waals surface area contributed by atoms with Crippen LogP contribution in [-0.4, -0.2) is 37.0 Å². The zero-order valence-electron chi connectivity index (χ0n) is 12.3. The second-order valence-corrected chi connectivity index (χ2v) is 5.98. The van der Waals surface area contributed by atoms with Crippen molar-refractivity contribution in [3.05, 3.63) is 30.3 Å². The molecule has 1 aliphatic rings. The number of rotatable bonds is 6. The number of primary amides is 1. The van der Waals surface area contributed by atoms with Gasteiger partial charge < -0.3 is 16.0 Å². The lowest BCUT2D eigenvalue weighted by molar-refractivity contribution is -0.127. The number of carbonyl (C=O) groups excluding carboxylic acids is 1. The Labute approximate surface area is 121 Å². The maximum Gasteiger partial charge on any atom is 0.226 e. The fourth-order valence-electron chi connectivity index (χ4n) is 2.69. The highest BCUT2D eigenvalue weighted by molar-refractivity contribution is 5.81. The number of likely N-dealkylation sites (tertiary alicyclic amines) is 1. The van der Waals surface area contributed by atoms with E-state index in [0.717, 1.165) is 25.3 Å². The van der Waals surface area contributed by atoms with Gasteiger partial charge >= 0.3 is 0 Å². The maximum absolute atomic E-state index is 11.9. The second kappa shape index (κ2) is 6.75. The SMILES string of the molecule is CC(CNc1ccccc1)(CN1CCCCC1)C(N)=O. The summed E-state index contributed by atoms with van der Waals surface area (Å²) in [5.41, 5.74) is 6.14. The molecule has 1 aliphatic heterocycles. The van der Waals surface area contributed by atoms with Gasteiger partial charge in [0.05, 0.1) is 5.41 Å². The first-order valence-electron chi connectivity index (χ1n) is 7.41. The summed E-state index contributed by atoms with van der Waals surface area (Å²) >= 11 is 0. The number of hydrogen-bond acceptors (Lipinski definition) is 3. The van der Waals surface area contributed by atoms with Crippen LogP contribution in [-0.2, 0) is 4.79 Å². The molecule has 1 unspecified atom stereocenters. The van der Waals surface area contributed by atoms with Crippen molar-refractivity contribution >= 4 is 11.6 Å². The van der Waals surface area contributed by atoms with Crippen molar-refractivity contribution in [2.24, 2.45) is 11.1 Å². The van der Waals surface area contributed by atoms with E-state index in [0.29, 0.717) is 6.54 Å². The Hall–Kier alpha value is -1.55. The summed E-state index contributed by atoms with van der Waals surface area (Å²) in [6.07, 6.45) is 3.74. The number of nitrogens with zero attached hydrogens (tertiary/aromatic N) is 1. The second-order valence-electron chi connectivity index (χ2n) is 5.98. The molecule has 0 saturated carbocycles. The average molecular weight is 275 g/mol. The van der Waals surface area contributed by atoms with Crippen molar-refractivity contribution in [2.75, 3.05) is 31.5 Å². The van der Waals surface area contributed by atoms with E-state index in [1.54, 1.807) is 0 Å². The number of benzene rings is 1. The van der Waals surface area contributed by atoms with Crippen molar-refractivity contribution in [1.82, 2.24) is 4.90 Å². The molecule has 1 heterocycles. The van der Waals surface area contributed by atoms with Gasteiger partial charge in [0.15, 0.2) is 0 Å². The molecular formula is C16H25N3O. The molecule has 110 valence electrons. The molecule has 4 heteroatoms. The van der Waals surface area contributed by atoms with E-state index in [9.17, 15) is 4.79 Å². The zero-order valence-corrected chi connectivity index (χ0v) is 12.3. The predicted octanol–water partition coefficient (Wildman–Crippen LogP) is 2.08. The normalized spacial score (nSPS) is 19.2. The van der Waals surface area contributed by atoms with E-state index in [4.69, 9.17) is 5.73 Å². The van der Waals surface area contributed by atoms with Gasteiger partial charge in [-0.3, -0.25) is 4.79 Å².